The Hall–Kier alpha value is -3.66. The van der Waals surface area contributed by atoms with Crippen molar-refractivity contribution in [3.05, 3.63) is 60.6 Å². The van der Waals surface area contributed by atoms with Crippen LogP contribution in [0.4, 0.5) is 17.1 Å². The standard InChI is InChI=1S/C16H10ClN3O7/c1-27-14-4-7(3-13(15(14)21)20(25)26)2-9-8-5-12(19(23)24)10(17)6-11(8)18-16(9)22/h2-6,21H,1H3,(H,18,22). The molecule has 2 aromatic carbocycles. The second kappa shape index (κ2) is 6.57. The van der Waals surface area contributed by atoms with Gasteiger partial charge in [0.2, 0.25) is 5.75 Å². The highest BCUT2D eigenvalue weighted by atomic mass is 35.5. The molecule has 1 heterocycles. The van der Waals surface area contributed by atoms with Gasteiger partial charge in [-0.05, 0) is 23.8 Å². The first-order valence-corrected chi connectivity index (χ1v) is 7.67. The number of nitrogens with zero attached hydrogens (tertiary/aromatic N) is 2. The van der Waals surface area contributed by atoms with Crippen LogP contribution in [0.3, 0.4) is 0 Å². The van der Waals surface area contributed by atoms with Gasteiger partial charge >= 0.3 is 5.69 Å². The number of benzene rings is 2. The third-order valence-electron chi connectivity index (χ3n) is 3.87. The smallest absolute Gasteiger partial charge is 0.315 e. The van der Waals surface area contributed by atoms with Gasteiger partial charge in [0.05, 0.1) is 22.6 Å². The first kappa shape index (κ1) is 18.1. The Labute approximate surface area is 155 Å². The summed E-state index contributed by atoms with van der Waals surface area (Å²) in [6, 6.07) is 4.76. The van der Waals surface area contributed by atoms with Gasteiger partial charge in [0.15, 0.2) is 5.75 Å². The minimum atomic E-state index is -0.798. The number of nitrogens with one attached hydrogen (secondary N) is 1. The summed E-state index contributed by atoms with van der Waals surface area (Å²) in [7, 11) is 1.22. The summed E-state index contributed by atoms with van der Waals surface area (Å²) in [6.45, 7) is 0. The summed E-state index contributed by atoms with van der Waals surface area (Å²) in [5.74, 6) is -1.36. The summed E-state index contributed by atoms with van der Waals surface area (Å²) < 4.78 is 4.91. The lowest BCUT2D eigenvalue weighted by Crippen LogP contribution is -2.03. The van der Waals surface area contributed by atoms with Crippen molar-refractivity contribution in [2.75, 3.05) is 12.4 Å². The average Bonchev–Trinajstić information content (AvgIpc) is 2.89. The molecule has 0 bridgehead atoms. The van der Waals surface area contributed by atoms with E-state index in [1.165, 1.54) is 25.3 Å². The highest BCUT2D eigenvalue weighted by Gasteiger charge is 2.29. The lowest BCUT2D eigenvalue weighted by atomic mass is 10.0. The Balaban J connectivity index is 2.19. The largest absolute Gasteiger partial charge is 0.500 e. The maximum Gasteiger partial charge on any atom is 0.315 e. The molecule has 0 saturated heterocycles. The minimum absolute atomic E-state index is 0.0480. The van der Waals surface area contributed by atoms with Gasteiger partial charge in [-0.2, -0.15) is 0 Å². The third kappa shape index (κ3) is 3.13. The van der Waals surface area contributed by atoms with Crippen molar-refractivity contribution in [3.8, 4) is 11.5 Å². The molecule has 0 unspecified atom stereocenters. The van der Waals surface area contributed by atoms with Crippen molar-refractivity contribution in [3.63, 3.8) is 0 Å². The maximum absolute atomic E-state index is 12.3. The zero-order valence-corrected chi connectivity index (χ0v) is 14.3. The highest BCUT2D eigenvalue weighted by molar-refractivity contribution is 6.37. The van der Waals surface area contributed by atoms with Crippen molar-refractivity contribution < 1.29 is 24.5 Å². The predicted molar refractivity (Wildman–Crippen MR) is 95.9 cm³/mol. The van der Waals surface area contributed by atoms with E-state index in [0.29, 0.717) is 0 Å². The lowest BCUT2D eigenvalue weighted by Gasteiger charge is -2.06. The molecule has 1 amide bonds. The molecule has 27 heavy (non-hydrogen) atoms. The molecule has 2 N–H and O–H groups in total. The van der Waals surface area contributed by atoms with Crippen molar-refractivity contribution in [2.24, 2.45) is 0 Å². The van der Waals surface area contributed by atoms with Crippen LogP contribution in [0.5, 0.6) is 11.5 Å². The zero-order valence-electron chi connectivity index (χ0n) is 13.6. The number of ether oxygens (including phenoxy) is 1. The number of methoxy groups -OCH3 is 1. The third-order valence-corrected chi connectivity index (χ3v) is 4.17. The average molecular weight is 392 g/mol. The number of halogens is 1. The van der Waals surface area contributed by atoms with E-state index < -0.39 is 27.2 Å². The molecule has 10 nitrogen and oxygen atoms in total. The van der Waals surface area contributed by atoms with E-state index in [4.69, 9.17) is 16.3 Å². The number of rotatable bonds is 4. The van der Waals surface area contributed by atoms with Crippen LogP contribution < -0.4 is 10.1 Å². The first-order valence-electron chi connectivity index (χ1n) is 7.29. The van der Waals surface area contributed by atoms with Crippen LogP contribution in [0.15, 0.2) is 24.3 Å². The van der Waals surface area contributed by atoms with Crippen molar-refractivity contribution in [1.29, 1.82) is 0 Å². The normalized spacial score (nSPS) is 14.0. The van der Waals surface area contributed by atoms with Crippen molar-refractivity contribution in [1.82, 2.24) is 0 Å². The molecule has 11 heteroatoms. The van der Waals surface area contributed by atoms with E-state index in [1.54, 1.807) is 0 Å². The fourth-order valence-electron chi connectivity index (χ4n) is 2.64. The number of nitro benzene ring substituents is 2. The van der Waals surface area contributed by atoms with Gasteiger partial charge in [-0.1, -0.05) is 11.6 Å². The summed E-state index contributed by atoms with van der Waals surface area (Å²) in [4.78, 5) is 33.0. The van der Waals surface area contributed by atoms with Gasteiger partial charge in [-0.3, -0.25) is 25.0 Å². The summed E-state index contributed by atoms with van der Waals surface area (Å²) in [5.41, 5.74) is -0.249. The molecule has 3 rings (SSSR count). The van der Waals surface area contributed by atoms with Gasteiger partial charge < -0.3 is 15.2 Å². The van der Waals surface area contributed by atoms with E-state index in [-0.39, 0.29) is 38.8 Å². The molecule has 0 spiro atoms. The molecular weight excluding hydrogens is 382 g/mol. The number of phenolic OH excluding ortho intramolecular Hbond substituents is 1. The van der Waals surface area contributed by atoms with Gasteiger partial charge in [0.1, 0.15) is 5.02 Å². The Bertz CT molecular complexity index is 1050. The second-order valence-electron chi connectivity index (χ2n) is 5.47. The number of anilines is 1. The number of carbonyl (C=O) groups is 1. The second-order valence-corrected chi connectivity index (χ2v) is 5.87. The number of nitro groups is 2. The fourth-order valence-corrected chi connectivity index (χ4v) is 2.87. The van der Waals surface area contributed by atoms with Gasteiger partial charge in [-0.15, -0.1) is 0 Å². The quantitative estimate of drug-likeness (QED) is 0.461. The van der Waals surface area contributed by atoms with Gasteiger partial charge in [-0.25, -0.2) is 0 Å². The molecule has 0 fully saturated rings. The van der Waals surface area contributed by atoms with Crippen molar-refractivity contribution in [2.45, 2.75) is 0 Å². The topological polar surface area (TPSA) is 145 Å². The SMILES string of the molecule is COc1cc(C=C2C(=O)Nc3cc(Cl)c([N+](=O)[O-])cc32)cc([N+](=O)[O-])c1O. The number of phenols is 1. The molecule has 0 aliphatic carbocycles. The van der Waals surface area contributed by atoms with Crippen molar-refractivity contribution >= 4 is 46.2 Å². The van der Waals surface area contributed by atoms with E-state index in [9.17, 15) is 30.1 Å². The first-order chi connectivity index (χ1) is 12.7. The fraction of sp³-hybridized carbons (Fsp3) is 0.0625. The highest BCUT2D eigenvalue weighted by Crippen LogP contribution is 2.41. The predicted octanol–water partition coefficient (Wildman–Crippen LogP) is 3.36. The summed E-state index contributed by atoms with van der Waals surface area (Å²) in [6.07, 6.45) is 1.30. The maximum atomic E-state index is 12.3. The molecule has 138 valence electrons. The van der Waals surface area contributed by atoms with Crippen LogP contribution in [0, 0.1) is 20.2 Å². The van der Waals surface area contributed by atoms with Crippen LogP contribution in [-0.2, 0) is 4.79 Å². The molecule has 0 atom stereocenters. The number of carbonyl (C=O) groups excluding carboxylic acids is 1. The number of hydrogen-bond donors (Lipinski definition) is 2. The van der Waals surface area contributed by atoms with E-state index in [0.717, 1.165) is 12.1 Å². The zero-order chi connectivity index (χ0) is 19.9. The molecular formula is C16H10ClN3O7. The molecule has 1 aliphatic rings. The number of amides is 1. The number of fused-ring (bicyclic) bond motifs is 1. The minimum Gasteiger partial charge on any atom is -0.500 e. The summed E-state index contributed by atoms with van der Waals surface area (Å²) in [5, 5.41) is 34.4. The Morgan fingerprint density at radius 3 is 2.41 bits per heavy atom. The van der Waals surface area contributed by atoms with E-state index >= 15 is 0 Å². The molecule has 1 aliphatic heterocycles. The Morgan fingerprint density at radius 2 is 1.81 bits per heavy atom. The Morgan fingerprint density at radius 1 is 1.15 bits per heavy atom. The van der Waals surface area contributed by atoms with Crippen LogP contribution in [0.2, 0.25) is 5.02 Å². The molecule has 0 saturated carbocycles. The van der Waals surface area contributed by atoms with Crippen LogP contribution in [0.25, 0.3) is 11.6 Å². The number of aromatic hydroxyl groups is 1. The van der Waals surface area contributed by atoms with E-state index in [1.807, 2.05) is 0 Å². The molecule has 0 aromatic heterocycles. The van der Waals surface area contributed by atoms with Gasteiger partial charge in [0, 0.05) is 23.3 Å². The van der Waals surface area contributed by atoms with Crippen LogP contribution >= 0.6 is 11.6 Å². The monoisotopic (exact) mass is 391 g/mol. The summed E-state index contributed by atoms with van der Waals surface area (Å²) >= 11 is 5.84. The molecule has 2 aromatic rings. The van der Waals surface area contributed by atoms with Gasteiger partial charge in [0.25, 0.3) is 11.6 Å². The number of hydrogen-bond acceptors (Lipinski definition) is 7. The van der Waals surface area contributed by atoms with Crippen LogP contribution in [0.1, 0.15) is 11.1 Å². The lowest BCUT2D eigenvalue weighted by molar-refractivity contribution is -0.386. The van der Waals surface area contributed by atoms with E-state index in [2.05, 4.69) is 5.32 Å². The van der Waals surface area contributed by atoms with Crippen LogP contribution in [-0.4, -0.2) is 28.0 Å². The molecule has 0 radical (unpaired) electrons. The Kier molecular flexibility index (Phi) is 4.42.